The number of rotatable bonds is 4. The molecule has 3 heterocycles. The van der Waals surface area contributed by atoms with Gasteiger partial charge in [0.1, 0.15) is 16.9 Å². The molecule has 0 aliphatic carbocycles. The second kappa shape index (κ2) is 11.5. The van der Waals surface area contributed by atoms with Crippen LogP contribution in [0.5, 0.6) is 0 Å². The number of imidazole rings is 1. The molecule has 0 radical (unpaired) electrons. The van der Waals surface area contributed by atoms with Gasteiger partial charge < -0.3 is 15.3 Å². The maximum Gasteiger partial charge on any atom is 0.490 e. The van der Waals surface area contributed by atoms with Gasteiger partial charge in [0.25, 0.3) is 5.56 Å². The Kier molecular flexibility index (Phi) is 8.47. The van der Waals surface area contributed by atoms with Gasteiger partial charge in [0.05, 0.1) is 30.9 Å². The first-order valence-electron chi connectivity index (χ1n) is 10.9. The molecule has 4 rings (SSSR count). The number of aromatic nitrogens is 4. The highest BCUT2D eigenvalue weighted by Crippen LogP contribution is 2.20. The summed E-state index contributed by atoms with van der Waals surface area (Å²) in [6, 6.07) is 6.07. The fourth-order valence-corrected chi connectivity index (χ4v) is 3.51. The topological polar surface area (TPSA) is 129 Å². The van der Waals surface area contributed by atoms with E-state index in [2.05, 4.69) is 32.1 Å². The van der Waals surface area contributed by atoms with E-state index in [9.17, 15) is 22.4 Å². The highest BCUT2D eigenvalue weighted by Gasteiger charge is 2.38. The lowest BCUT2D eigenvalue weighted by molar-refractivity contribution is -0.192. The van der Waals surface area contributed by atoms with Crippen LogP contribution in [-0.2, 0) is 17.9 Å². The molecule has 10 nitrogen and oxygen atoms in total. The molecule has 3 aromatic rings. The molecule has 0 amide bonds. The number of hydrogen-bond acceptors (Lipinski definition) is 7. The summed E-state index contributed by atoms with van der Waals surface area (Å²) in [5, 5.41) is 23.5. The molecule has 194 valence electrons. The van der Waals surface area contributed by atoms with E-state index in [1.54, 1.807) is 6.92 Å². The fraction of sp³-hybridized carbons (Fsp3) is 0.348. The van der Waals surface area contributed by atoms with E-state index in [0.29, 0.717) is 23.5 Å². The summed E-state index contributed by atoms with van der Waals surface area (Å²) in [5.74, 6) is 3.26. The first-order valence-corrected chi connectivity index (χ1v) is 10.9. The van der Waals surface area contributed by atoms with Crippen LogP contribution in [0.3, 0.4) is 0 Å². The largest absolute Gasteiger partial charge is 0.490 e. The van der Waals surface area contributed by atoms with Crippen molar-refractivity contribution in [2.75, 3.05) is 31.1 Å². The number of carboxylic acids is 1. The van der Waals surface area contributed by atoms with Gasteiger partial charge in [0.2, 0.25) is 5.95 Å². The number of piperazine rings is 1. The van der Waals surface area contributed by atoms with E-state index in [1.807, 2.05) is 10.6 Å². The van der Waals surface area contributed by atoms with E-state index >= 15 is 0 Å². The van der Waals surface area contributed by atoms with Crippen LogP contribution in [-0.4, -0.2) is 62.8 Å². The molecular weight excluding hydrogens is 498 g/mol. The number of carbonyl (C=O) groups is 1. The van der Waals surface area contributed by atoms with Crippen molar-refractivity contribution in [3.05, 3.63) is 51.7 Å². The van der Waals surface area contributed by atoms with Gasteiger partial charge in [-0.05, 0) is 19.1 Å². The Morgan fingerprint density at radius 2 is 1.95 bits per heavy atom. The monoisotopic (exact) mass is 519 g/mol. The number of nitrogens with zero attached hydrogens (tertiary/aromatic N) is 6. The van der Waals surface area contributed by atoms with Crippen molar-refractivity contribution in [1.82, 2.24) is 24.6 Å². The van der Waals surface area contributed by atoms with Crippen molar-refractivity contribution < 1.29 is 27.5 Å². The van der Waals surface area contributed by atoms with Crippen LogP contribution < -0.4 is 15.8 Å². The van der Waals surface area contributed by atoms with Crippen LogP contribution in [0.2, 0.25) is 0 Å². The van der Waals surface area contributed by atoms with Crippen LogP contribution >= 0.6 is 0 Å². The standard InChI is InChI=1S/C21H20FN7O.C2HF3O2/c1-2-3-8-28-19-18(26-21(28)27-9-6-24-7-10-27)13-25-29(20(19)30)14-16-5-4-15(12-23)11-17(16)22;3-2(4,5)1(6)7/h4-5,11,13,24H,6-10,14H2,1H3;(H,6,7). The van der Waals surface area contributed by atoms with Crippen molar-refractivity contribution in [3.8, 4) is 17.9 Å². The number of hydrogen-bond donors (Lipinski definition) is 2. The Hall–Kier alpha value is -4.43. The number of anilines is 1. The summed E-state index contributed by atoms with van der Waals surface area (Å²) >= 11 is 0. The summed E-state index contributed by atoms with van der Waals surface area (Å²) in [4.78, 5) is 28.9. The van der Waals surface area contributed by atoms with E-state index in [4.69, 9.17) is 15.2 Å². The van der Waals surface area contributed by atoms with Crippen molar-refractivity contribution in [1.29, 1.82) is 5.26 Å². The minimum atomic E-state index is -5.08. The molecule has 0 atom stereocenters. The van der Waals surface area contributed by atoms with Gasteiger partial charge in [0.15, 0.2) is 0 Å². The van der Waals surface area contributed by atoms with E-state index in [0.717, 1.165) is 32.2 Å². The number of carboxylic acid groups (broad SMARTS) is 1. The molecule has 0 saturated carbocycles. The third-order valence-corrected chi connectivity index (χ3v) is 5.29. The van der Waals surface area contributed by atoms with E-state index in [1.165, 1.54) is 23.0 Å². The van der Waals surface area contributed by atoms with Gasteiger partial charge >= 0.3 is 12.1 Å². The van der Waals surface area contributed by atoms with Gasteiger partial charge in [-0.2, -0.15) is 23.5 Å². The van der Waals surface area contributed by atoms with Crippen LogP contribution in [0.4, 0.5) is 23.5 Å². The summed E-state index contributed by atoms with van der Waals surface area (Å²) < 4.78 is 49.1. The number of nitriles is 1. The molecule has 1 fully saturated rings. The van der Waals surface area contributed by atoms with Crippen LogP contribution in [0.15, 0.2) is 29.2 Å². The van der Waals surface area contributed by atoms with Gasteiger partial charge in [-0.1, -0.05) is 12.0 Å². The van der Waals surface area contributed by atoms with E-state index < -0.39 is 18.0 Å². The molecule has 1 saturated heterocycles. The number of benzene rings is 1. The molecule has 0 spiro atoms. The first-order chi connectivity index (χ1) is 17.6. The second-order valence-electron chi connectivity index (χ2n) is 7.72. The van der Waals surface area contributed by atoms with Crippen LogP contribution in [0, 0.1) is 29.0 Å². The van der Waals surface area contributed by atoms with Crippen molar-refractivity contribution in [2.24, 2.45) is 0 Å². The number of aliphatic carboxylic acids is 1. The summed E-state index contributed by atoms with van der Waals surface area (Å²) in [6.45, 7) is 5.27. The molecule has 0 unspecified atom stereocenters. The fourth-order valence-electron chi connectivity index (χ4n) is 3.51. The van der Waals surface area contributed by atoms with Gasteiger partial charge in [-0.3, -0.25) is 9.36 Å². The SMILES string of the molecule is CC#CCn1c(N2CCNCC2)nc2cnn(Cc3ccc(C#N)cc3F)c(=O)c21.O=C(O)C(F)(F)F. The Morgan fingerprint density at radius 1 is 1.27 bits per heavy atom. The number of halogens is 4. The molecule has 0 bridgehead atoms. The zero-order valence-corrected chi connectivity index (χ0v) is 19.5. The number of fused-ring (bicyclic) bond motifs is 1. The smallest absolute Gasteiger partial charge is 0.475 e. The molecule has 2 aromatic heterocycles. The maximum absolute atomic E-state index is 14.3. The highest BCUT2D eigenvalue weighted by atomic mass is 19.4. The lowest BCUT2D eigenvalue weighted by Crippen LogP contribution is -2.44. The lowest BCUT2D eigenvalue weighted by atomic mass is 10.1. The van der Waals surface area contributed by atoms with Gasteiger partial charge in [0, 0.05) is 31.7 Å². The molecule has 1 aliphatic heterocycles. The average Bonchev–Trinajstić information content (AvgIpc) is 3.25. The molecule has 1 aromatic carbocycles. The van der Waals surface area contributed by atoms with Crippen molar-refractivity contribution in [3.63, 3.8) is 0 Å². The maximum atomic E-state index is 14.3. The summed E-state index contributed by atoms with van der Waals surface area (Å²) in [6.07, 6.45) is -3.56. The average molecular weight is 519 g/mol. The zero-order valence-electron chi connectivity index (χ0n) is 19.5. The predicted octanol–water partition coefficient (Wildman–Crippen LogP) is 1.72. The van der Waals surface area contributed by atoms with Crippen LogP contribution in [0.1, 0.15) is 18.1 Å². The minimum Gasteiger partial charge on any atom is -0.475 e. The quantitative estimate of drug-likeness (QED) is 0.394. The molecule has 1 aliphatic rings. The Labute approximate surface area is 207 Å². The van der Waals surface area contributed by atoms with Gasteiger partial charge in [-0.25, -0.2) is 18.9 Å². The minimum absolute atomic E-state index is 0.0417. The molecule has 37 heavy (non-hydrogen) atoms. The Bertz CT molecular complexity index is 1460. The zero-order chi connectivity index (χ0) is 27.2. The third kappa shape index (κ3) is 6.42. The molecule has 14 heteroatoms. The second-order valence-corrected chi connectivity index (χ2v) is 7.72. The first kappa shape index (κ1) is 27.2. The highest BCUT2D eigenvalue weighted by molar-refractivity contribution is 5.77. The summed E-state index contributed by atoms with van der Waals surface area (Å²) in [7, 11) is 0. The Balaban J connectivity index is 0.000000479. The third-order valence-electron chi connectivity index (χ3n) is 5.29. The van der Waals surface area contributed by atoms with Crippen molar-refractivity contribution >= 4 is 23.0 Å². The number of nitrogens with one attached hydrogen (secondary N) is 1. The normalized spacial score (nSPS) is 13.2. The lowest BCUT2D eigenvalue weighted by Gasteiger charge is -2.28. The molecule has 2 N–H and O–H groups in total. The molecular formula is C23H21F4N7O3. The number of alkyl halides is 3. The van der Waals surface area contributed by atoms with Gasteiger partial charge in [-0.15, -0.1) is 5.92 Å². The van der Waals surface area contributed by atoms with Crippen LogP contribution in [0.25, 0.3) is 11.0 Å². The van der Waals surface area contributed by atoms with Crippen molar-refractivity contribution in [2.45, 2.75) is 26.2 Å². The Morgan fingerprint density at radius 3 is 2.51 bits per heavy atom. The summed E-state index contributed by atoms with van der Waals surface area (Å²) in [5.41, 5.74) is 1.04. The van der Waals surface area contributed by atoms with E-state index in [-0.39, 0.29) is 23.2 Å². The predicted molar refractivity (Wildman–Crippen MR) is 124 cm³/mol.